The van der Waals surface area contributed by atoms with Crippen LogP contribution in [0.2, 0.25) is 5.02 Å². The number of carbonyl (C=O) groups is 1. The van der Waals surface area contributed by atoms with Crippen LogP contribution in [0.5, 0.6) is 5.88 Å². The molecule has 0 aliphatic carbocycles. The number of carbonyl (C=O) groups excluding carboxylic acids is 1. The van der Waals surface area contributed by atoms with Gasteiger partial charge in [0.15, 0.2) is 0 Å². The third-order valence-corrected chi connectivity index (χ3v) is 4.76. The van der Waals surface area contributed by atoms with E-state index in [0.717, 1.165) is 22.8 Å². The lowest BCUT2D eigenvalue weighted by molar-refractivity contribution is -0.137. The predicted molar refractivity (Wildman–Crippen MR) is 93.3 cm³/mol. The molecule has 0 unspecified atom stereocenters. The maximum atomic E-state index is 12.8. The Hall–Kier alpha value is -1.80. The molecule has 1 saturated heterocycles. The molecule has 0 saturated carbocycles. The molecule has 138 valence electrons. The first kappa shape index (κ1) is 19.0. The summed E-state index contributed by atoms with van der Waals surface area (Å²) in [6, 6.07) is 6.72. The zero-order valence-corrected chi connectivity index (χ0v) is 15.6. The second-order valence-electron chi connectivity index (χ2n) is 5.78. The van der Waals surface area contributed by atoms with Crippen molar-refractivity contribution >= 4 is 33.4 Å². The number of ether oxygens (including phenoxy) is 1. The van der Waals surface area contributed by atoms with Crippen molar-refractivity contribution in [1.29, 1.82) is 0 Å². The van der Waals surface area contributed by atoms with E-state index in [2.05, 4.69) is 20.9 Å². The van der Waals surface area contributed by atoms with E-state index in [-0.39, 0.29) is 18.3 Å². The van der Waals surface area contributed by atoms with Gasteiger partial charge in [-0.2, -0.15) is 13.2 Å². The van der Waals surface area contributed by atoms with Crippen LogP contribution in [-0.2, 0) is 6.18 Å². The van der Waals surface area contributed by atoms with Crippen LogP contribution in [-0.4, -0.2) is 35.0 Å². The molecule has 9 heteroatoms. The summed E-state index contributed by atoms with van der Waals surface area (Å²) in [7, 11) is 0. The fourth-order valence-electron chi connectivity index (χ4n) is 2.66. The number of rotatable bonds is 3. The van der Waals surface area contributed by atoms with Crippen molar-refractivity contribution in [1.82, 2.24) is 9.88 Å². The van der Waals surface area contributed by atoms with Crippen LogP contribution >= 0.6 is 27.5 Å². The Bertz CT molecular complexity index is 832. The molecule has 0 radical (unpaired) electrons. The number of pyridine rings is 1. The Labute approximate surface area is 161 Å². The molecule has 2 heterocycles. The van der Waals surface area contributed by atoms with Crippen LogP contribution in [0.3, 0.4) is 0 Å². The van der Waals surface area contributed by atoms with Crippen LogP contribution < -0.4 is 4.74 Å². The van der Waals surface area contributed by atoms with E-state index < -0.39 is 17.8 Å². The van der Waals surface area contributed by atoms with Gasteiger partial charge in [0, 0.05) is 29.7 Å². The average molecular weight is 450 g/mol. The lowest BCUT2D eigenvalue weighted by atomic mass is 10.2. The van der Waals surface area contributed by atoms with Gasteiger partial charge in [-0.05, 0) is 24.3 Å². The van der Waals surface area contributed by atoms with Crippen LogP contribution in [0, 0.1) is 0 Å². The molecule has 1 aliphatic heterocycles. The minimum absolute atomic E-state index is 0.111. The fraction of sp³-hybridized carbons (Fsp3) is 0.294. The van der Waals surface area contributed by atoms with Gasteiger partial charge in [0.05, 0.1) is 22.7 Å². The molecule has 1 aliphatic rings. The normalized spacial score (nSPS) is 17.4. The highest BCUT2D eigenvalue weighted by Crippen LogP contribution is 2.31. The van der Waals surface area contributed by atoms with Gasteiger partial charge in [0.1, 0.15) is 6.10 Å². The Morgan fingerprint density at radius 2 is 2.08 bits per heavy atom. The molecule has 3 rings (SSSR count). The average Bonchev–Trinajstić information content (AvgIpc) is 3.04. The minimum Gasteiger partial charge on any atom is -0.472 e. The molecule has 1 amide bonds. The zero-order chi connectivity index (χ0) is 18.9. The molecule has 26 heavy (non-hydrogen) atoms. The standard InChI is InChI=1S/C17H13BrClF3N2O2/c18-11-1-2-14(19)13(8-11)16(25)24-6-4-12(9-24)26-15-7-10(3-5-23-15)17(20,21)22/h1-3,5,7-8,12H,4,6,9H2/t12-/m1/s1. The lowest BCUT2D eigenvalue weighted by Gasteiger charge is -2.18. The summed E-state index contributed by atoms with van der Waals surface area (Å²) in [5, 5.41) is 0.335. The summed E-state index contributed by atoms with van der Waals surface area (Å²) in [4.78, 5) is 18.0. The first-order chi connectivity index (χ1) is 12.2. The number of aromatic nitrogens is 1. The smallest absolute Gasteiger partial charge is 0.416 e. The molecule has 4 nitrogen and oxygen atoms in total. The molecule has 1 fully saturated rings. The van der Waals surface area contributed by atoms with Crippen molar-refractivity contribution in [2.45, 2.75) is 18.7 Å². The topological polar surface area (TPSA) is 42.4 Å². The van der Waals surface area contributed by atoms with E-state index in [0.29, 0.717) is 23.6 Å². The van der Waals surface area contributed by atoms with E-state index >= 15 is 0 Å². The number of benzene rings is 1. The molecular formula is C17H13BrClF3N2O2. The highest BCUT2D eigenvalue weighted by molar-refractivity contribution is 9.10. The summed E-state index contributed by atoms with van der Waals surface area (Å²) in [5.74, 6) is -0.362. The number of hydrogen-bond donors (Lipinski definition) is 0. The number of amides is 1. The number of alkyl halides is 3. The SMILES string of the molecule is O=C(c1cc(Br)ccc1Cl)N1CC[C@@H](Oc2cc(C(F)(F)F)ccn2)C1. The Morgan fingerprint density at radius 1 is 1.31 bits per heavy atom. The van der Waals surface area contributed by atoms with Gasteiger partial charge in [-0.1, -0.05) is 27.5 Å². The number of nitrogens with zero attached hydrogens (tertiary/aromatic N) is 2. The van der Waals surface area contributed by atoms with Crippen molar-refractivity contribution in [3.8, 4) is 5.88 Å². The van der Waals surface area contributed by atoms with Crippen LogP contribution in [0.25, 0.3) is 0 Å². The number of halogens is 5. The molecule has 1 aromatic carbocycles. The van der Waals surface area contributed by atoms with Crippen molar-refractivity contribution in [3.05, 3.63) is 57.2 Å². The van der Waals surface area contributed by atoms with Crippen molar-refractivity contribution in [3.63, 3.8) is 0 Å². The van der Waals surface area contributed by atoms with Crippen LogP contribution in [0.15, 0.2) is 41.0 Å². The van der Waals surface area contributed by atoms with E-state index in [1.165, 1.54) is 0 Å². The number of hydrogen-bond acceptors (Lipinski definition) is 3. The first-order valence-corrected chi connectivity index (χ1v) is 8.85. The predicted octanol–water partition coefficient (Wildman–Crippen LogP) is 4.81. The van der Waals surface area contributed by atoms with Gasteiger partial charge in [0.25, 0.3) is 5.91 Å². The van der Waals surface area contributed by atoms with Crippen LogP contribution in [0.1, 0.15) is 22.3 Å². The number of likely N-dealkylation sites (tertiary alicyclic amines) is 1. The zero-order valence-electron chi connectivity index (χ0n) is 13.3. The van der Waals surface area contributed by atoms with Crippen molar-refractivity contribution in [2.24, 2.45) is 0 Å². The van der Waals surface area contributed by atoms with E-state index in [9.17, 15) is 18.0 Å². The van der Waals surface area contributed by atoms with Crippen molar-refractivity contribution in [2.75, 3.05) is 13.1 Å². The third-order valence-electron chi connectivity index (χ3n) is 3.94. The summed E-state index contributed by atoms with van der Waals surface area (Å²) >= 11 is 9.38. The summed E-state index contributed by atoms with van der Waals surface area (Å²) in [6.45, 7) is 0.672. The van der Waals surface area contributed by atoms with Gasteiger partial charge in [-0.3, -0.25) is 4.79 Å². The minimum atomic E-state index is -4.46. The highest BCUT2D eigenvalue weighted by atomic mass is 79.9. The van der Waals surface area contributed by atoms with E-state index in [1.54, 1.807) is 23.1 Å². The quantitative estimate of drug-likeness (QED) is 0.675. The molecule has 1 atom stereocenters. The second-order valence-corrected chi connectivity index (χ2v) is 7.11. The lowest BCUT2D eigenvalue weighted by Crippen LogP contribution is -2.31. The largest absolute Gasteiger partial charge is 0.472 e. The summed E-state index contributed by atoms with van der Waals surface area (Å²) < 4.78 is 44.5. The van der Waals surface area contributed by atoms with E-state index in [1.807, 2.05) is 0 Å². The monoisotopic (exact) mass is 448 g/mol. The molecule has 1 aromatic heterocycles. The van der Waals surface area contributed by atoms with Gasteiger partial charge < -0.3 is 9.64 Å². The molecule has 0 bridgehead atoms. The first-order valence-electron chi connectivity index (χ1n) is 7.68. The Morgan fingerprint density at radius 3 is 2.81 bits per heavy atom. The van der Waals surface area contributed by atoms with Crippen LogP contribution in [0.4, 0.5) is 13.2 Å². The molecular weight excluding hydrogens is 437 g/mol. The molecule has 0 spiro atoms. The van der Waals surface area contributed by atoms with Gasteiger partial charge in [-0.15, -0.1) is 0 Å². The maximum Gasteiger partial charge on any atom is 0.416 e. The van der Waals surface area contributed by atoms with E-state index in [4.69, 9.17) is 16.3 Å². The Balaban J connectivity index is 1.67. The summed E-state index contributed by atoms with van der Waals surface area (Å²) in [6.07, 6.45) is -3.34. The Kier molecular flexibility index (Phi) is 5.43. The summed E-state index contributed by atoms with van der Waals surface area (Å²) in [5.41, 5.74) is -0.465. The fourth-order valence-corrected chi connectivity index (χ4v) is 3.22. The maximum absolute atomic E-state index is 12.8. The third kappa shape index (κ3) is 4.29. The molecule has 2 aromatic rings. The van der Waals surface area contributed by atoms with Gasteiger partial charge in [0.2, 0.25) is 5.88 Å². The van der Waals surface area contributed by atoms with Gasteiger partial charge in [-0.25, -0.2) is 4.98 Å². The molecule has 0 N–H and O–H groups in total. The van der Waals surface area contributed by atoms with Gasteiger partial charge >= 0.3 is 6.18 Å². The van der Waals surface area contributed by atoms with Crippen molar-refractivity contribution < 1.29 is 22.7 Å². The highest BCUT2D eigenvalue weighted by Gasteiger charge is 2.32. The second kappa shape index (κ2) is 7.44.